The van der Waals surface area contributed by atoms with Crippen LogP contribution in [-0.4, -0.2) is 27.9 Å². The summed E-state index contributed by atoms with van der Waals surface area (Å²) in [7, 11) is 1.62. The summed E-state index contributed by atoms with van der Waals surface area (Å²) in [6.45, 7) is 3.61. The molecule has 1 aromatic rings. The fraction of sp³-hybridized carbons (Fsp3) is 0.667. The topological polar surface area (TPSA) is 84.3 Å². The van der Waals surface area contributed by atoms with Gasteiger partial charge in [0, 0.05) is 13.2 Å². The molecule has 6 heteroatoms. The molecule has 0 aromatic carbocycles. The van der Waals surface area contributed by atoms with Gasteiger partial charge in [-0.05, 0) is 18.8 Å². The molecule has 1 saturated carbocycles. The van der Waals surface area contributed by atoms with Crippen LogP contribution in [0.4, 0.5) is 0 Å². The summed E-state index contributed by atoms with van der Waals surface area (Å²) in [6.07, 6.45) is 1.47. The maximum absolute atomic E-state index is 11.8. The first-order chi connectivity index (χ1) is 8.45. The van der Waals surface area contributed by atoms with Crippen LogP contribution in [0.2, 0.25) is 0 Å². The van der Waals surface area contributed by atoms with Gasteiger partial charge in [-0.25, -0.2) is 4.79 Å². The van der Waals surface area contributed by atoms with Crippen molar-refractivity contribution in [1.29, 1.82) is 0 Å². The summed E-state index contributed by atoms with van der Waals surface area (Å²) in [5.41, 5.74) is -0.803. The fourth-order valence-electron chi connectivity index (χ4n) is 2.35. The van der Waals surface area contributed by atoms with Gasteiger partial charge < -0.3 is 9.84 Å². The number of ether oxygens (including phenoxy) is 1. The van der Waals surface area contributed by atoms with Gasteiger partial charge in [0.1, 0.15) is 0 Å². The van der Waals surface area contributed by atoms with Crippen LogP contribution in [-0.2, 0) is 4.74 Å². The van der Waals surface area contributed by atoms with Gasteiger partial charge in [0.2, 0.25) is 5.88 Å². The molecule has 6 nitrogen and oxygen atoms in total. The van der Waals surface area contributed by atoms with Crippen molar-refractivity contribution in [2.24, 2.45) is 0 Å². The number of nitrogens with one attached hydrogen (secondary N) is 1. The third kappa shape index (κ3) is 1.96. The van der Waals surface area contributed by atoms with E-state index in [1.165, 1.54) is 4.57 Å². The molecule has 2 rings (SSSR count). The highest BCUT2D eigenvalue weighted by atomic mass is 16.5. The largest absolute Gasteiger partial charge is 0.494 e. The van der Waals surface area contributed by atoms with Crippen molar-refractivity contribution < 1.29 is 9.84 Å². The lowest BCUT2D eigenvalue weighted by molar-refractivity contribution is 0.00252. The minimum Gasteiger partial charge on any atom is -0.494 e. The number of nitrogens with zero attached hydrogens (tertiary/aromatic N) is 1. The van der Waals surface area contributed by atoms with Gasteiger partial charge in [-0.15, -0.1) is 0 Å². The fourth-order valence-corrected chi connectivity index (χ4v) is 2.35. The molecule has 18 heavy (non-hydrogen) atoms. The second-order valence-corrected chi connectivity index (χ2v) is 5.00. The van der Waals surface area contributed by atoms with Crippen LogP contribution < -0.4 is 11.2 Å². The average Bonchev–Trinajstić information content (AvgIpc) is 2.19. The van der Waals surface area contributed by atoms with E-state index in [1.807, 2.05) is 0 Å². The van der Waals surface area contributed by atoms with E-state index in [2.05, 4.69) is 4.98 Å². The molecule has 0 aliphatic heterocycles. The Morgan fingerprint density at radius 2 is 2.00 bits per heavy atom. The molecule has 0 unspecified atom stereocenters. The standard InChI is InChI=1S/C12H18N2O4/c1-6(2)9-10(15)13-12(17)14(11(9)16)7-4-8(5-7)18-3/h6-8,16H,4-5H2,1-3H3,(H,13,15,17). The van der Waals surface area contributed by atoms with E-state index in [0.29, 0.717) is 12.8 Å². The maximum Gasteiger partial charge on any atom is 0.331 e. The normalized spacial score (nSPS) is 23.1. The van der Waals surface area contributed by atoms with Crippen LogP contribution in [0.1, 0.15) is 44.2 Å². The molecule has 1 aromatic heterocycles. The summed E-state index contributed by atoms with van der Waals surface area (Å²) in [5.74, 6) is -0.350. The number of rotatable bonds is 3. The second-order valence-electron chi connectivity index (χ2n) is 5.00. The van der Waals surface area contributed by atoms with Gasteiger partial charge in [0.05, 0.1) is 11.7 Å². The van der Waals surface area contributed by atoms with E-state index in [0.717, 1.165) is 0 Å². The van der Waals surface area contributed by atoms with Crippen LogP contribution in [0.3, 0.4) is 0 Å². The Morgan fingerprint density at radius 3 is 2.50 bits per heavy atom. The number of methoxy groups -OCH3 is 1. The molecule has 1 aliphatic carbocycles. The highest BCUT2D eigenvalue weighted by Gasteiger charge is 2.34. The van der Waals surface area contributed by atoms with Crippen LogP contribution in [0.5, 0.6) is 5.88 Å². The zero-order chi connectivity index (χ0) is 13.4. The molecule has 2 N–H and O–H groups in total. The smallest absolute Gasteiger partial charge is 0.331 e. The van der Waals surface area contributed by atoms with Crippen molar-refractivity contribution in [3.8, 4) is 5.88 Å². The Bertz CT molecular complexity index is 552. The third-order valence-corrected chi connectivity index (χ3v) is 3.50. The lowest BCUT2D eigenvalue weighted by Gasteiger charge is -2.35. The molecule has 1 fully saturated rings. The number of hydrogen-bond donors (Lipinski definition) is 2. The molecular weight excluding hydrogens is 236 g/mol. The van der Waals surface area contributed by atoms with Crippen LogP contribution in [0, 0.1) is 0 Å². The molecule has 0 spiro atoms. The Morgan fingerprint density at radius 1 is 1.39 bits per heavy atom. The lowest BCUT2D eigenvalue weighted by Crippen LogP contribution is -2.41. The Hall–Kier alpha value is -1.56. The Balaban J connectivity index is 2.46. The SMILES string of the molecule is COC1CC(n2c(O)c(C(C)C)c(=O)[nH]c2=O)C1. The van der Waals surface area contributed by atoms with Gasteiger partial charge in [-0.2, -0.15) is 0 Å². The van der Waals surface area contributed by atoms with Gasteiger partial charge in [0.15, 0.2) is 0 Å². The van der Waals surface area contributed by atoms with Crippen LogP contribution >= 0.6 is 0 Å². The number of aromatic hydroxyl groups is 1. The summed E-state index contributed by atoms with van der Waals surface area (Å²) in [4.78, 5) is 25.7. The molecule has 0 amide bonds. The first-order valence-corrected chi connectivity index (χ1v) is 6.06. The van der Waals surface area contributed by atoms with Crippen molar-refractivity contribution in [1.82, 2.24) is 9.55 Å². The van der Waals surface area contributed by atoms with Crippen molar-refractivity contribution in [3.63, 3.8) is 0 Å². The van der Waals surface area contributed by atoms with E-state index in [4.69, 9.17) is 4.74 Å². The second kappa shape index (κ2) is 4.61. The van der Waals surface area contributed by atoms with Crippen LogP contribution in [0.15, 0.2) is 9.59 Å². The molecule has 100 valence electrons. The Labute approximate surface area is 104 Å². The number of H-pyrrole nitrogens is 1. The van der Waals surface area contributed by atoms with E-state index >= 15 is 0 Å². The first kappa shape index (κ1) is 12.9. The van der Waals surface area contributed by atoms with Crippen molar-refractivity contribution in [3.05, 3.63) is 26.4 Å². The summed E-state index contributed by atoms with van der Waals surface area (Å²) in [6, 6.07) is -0.100. The summed E-state index contributed by atoms with van der Waals surface area (Å²) >= 11 is 0. The van der Waals surface area contributed by atoms with Crippen molar-refractivity contribution in [2.45, 2.75) is 44.8 Å². The monoisotopic (exact) mass is 254 g/mol. The minimum absolute atomic E-state index is 0.100. The van der Waals surface area contributed by atoms with Gasteiger partial charge in [-0.3, -0.25) is 14.3 Å². The van der Waals surface area contributed by atoms with Crippen LogP contribution in [0.25, 0.3) is 0 Å². The van der Waals surface area contributed by atoms with Crippen molar-refractivity contribution in [2.75, 3.05) is 7.11 Å². The predicted molar refractivity (Wildman–Crippen MR) is 66.1 cm³/mol. The van der Waals surface area contributed by atoms with Crippen molar-refractivity contribution >= 4 is 0 Å². The highest BCUT2D eigenvalue weighted by molar-refractivity contribution is 5.26. The van der Waals surface area contributed by atoms with E-state index in [-0.39, 0.29) is 29.5 Å². The van der Waals surface area contributed by atoms with E-state index in [1.54, 1.807) is 21.0 Å². The first-order valence-electron chi connectivity index (χ1n) is 6.06. The number of hydrogen-bond acceptors (Lipinski definition) is 4. The van der Waals surface area contributed by atoms with Gasteiger partial charge in [0.25, 0.3) is 5.56 Å². The molecule has 1 heterocycles. The number of aromatic amines is 1. The lowest BCUT2D eigenvalue weighted by atomic mass is 9.88. The molecule has 0 atom stereocenters. The average molecular weight is 254 g/mol. The van der Waals surface area contributed by atoms with E-state index in [9.17, 15) is 14.7 Å². The summed E-state index contributed by atoms with van der Waals surface area (Å²) in [5, 5.41) is 10.1. The number of aromatic nitrogens is 2. The zero-order valence-corrected chi connectivity index (χ0v) is 10.8. The molecule has 0 saturated heterocycles. The van der Waals surface area contributed by atoms with E-state index < -0.39 is 11.2 Å². The highest BCUT2D eigenvalue weighted by Crippen LogP contribution is 2.36. The van der Waals surface area contributed by atoms with Gasteiger partial charge >= 0.3 is 5.69 Å². The van der Waals surface area contributed by atoms with Gasteiger partial charge in [-0.1, -0.05) is 13.8 Å². The molecule has 0 bridgehead atoms. The zero-order valence-electron chi connectivity index (χ0n) is 10.8. The third-order valence-electron chi connectivity index (χ3n) is 3.50. The minimum atomic E-state index is -0.554. The Kier molecular flexibility index (Phi) is 3.30. The maximum atomic E-state index is 11.8. The quantitative estimate of drug-likeness (QED) is 0.832. The molecule has 1 aliphatic rings. The predicted octanol–water partition coefficient (Wildman–Crippen LogP) is 0.716. The summed E-state index contributed by atoms with van der Waals surface area (Å²) < 4.78 is 6.42. The molecular formula is C12H18N2O4. The molecule has 0 radical (unpaired) electrons.